The van der Waals surface area contributed by atoms with Crippen LogP contribution in [0.2, 0.25) is 0 Å². The van der Waals surface area contributed by atoms with Crippen LogP contribution in [0.1, 0.15) is 47.0 Å². The van der Waals surface area contributed by atoms with Gasteiger partial charge in [0.2, 0.25) is 0 Å². The molecule has 0 radical (unpaired) electrons. The highest BCUT2D eigenvalue weighted by Crippen LogP contribution is 2.44. The van der Waals surface area contributed by atoms with Crippen molar-refractivity contribution in [2.45, 2.75) is 25.3 Å². The van der Waals surface area contributed by atoms with Gasteiger partial charge in [-0.1, -0.05) is 24.3 Å². The van der Waals surface area contributed by atoms with Crippen LogP contribution < -0.4 is 14.8 Å². The number of rotatable bonds is 5. The Morgan fingerprint density at radius 3 is 2.42 bits per heavy atom. The lowest BCUT2D eigenvalue weighted by Crippen LogP contribution is -2.41. The smallest absolute Gasteiger partial charge is 0.293 e. The van der Waals surface area contributed by atoms with E-state index >= 15 is 0 Å². The van der Waals surface area contributed by atoms with Gasteiger partial charge in [-0.25, -0.2) is 5.01 Å². The molecule has 1 fully saturated rings. The summed E-state index contributed by atoms with van der Waals surface area (Å²) >= 11 is 5.70. The number of allylic oxidation sites excluding steroid dienone is 1. The second-order valence-corrected chi connectivity index (χ2v) is 9.11. The van der Waals surface area contributed by atoms with Crippen molar-refractivity contribution in [2.24, 2.45) is 11.0 Å². The summed E-state index contributed by atoms with van der Waals surface area (Å²) in [6.45, 7) is 0. The number of nitrogens with zero attached hydrogens (tertiary/aromatic N) is 2. The number of nitrogens with one attached hydrogen (secondary N) is 1. The number of thiocarbonyl (C=S) groups is 1. The third kappa shape index (κ3) is 4.77. The van der Waals surface area contributed by atoms with E-state index in [1.807, 2.05) is 48.5 Å². The van der Waals surface area contributed by atoms with Crippen molar-refractivity contribution in [3.63, 3.8) is 0 Å². The number of carbonyl (C=O) groups is 1. The second-order valence-electron chi connectivity index (χ2n) is 8.73. The highest BCUT2D eigenvalue weighted by atomic mass is 32.1. The van der Waals surface area contributed by atoms with Crippen LogP contribution in [0, 0.1) is 5.92 Å². The van der Waals surface area contributed by atoms with Crippen molar-refractivity contribution in [3.8, 4) is 11.5 Å². The first-order chi connectivity index (χ1) is 17.6. The van der Waals surface area contributed by atoms with Crippen LogP contribution in [0.15, 0.2) is 82.0 Å². The summed E-state index contributed by atoms with van der Waals surface area (Å²) in [4.78, 5) is 12.7. The monoisotopic (exact) mass is 501 g/mol. The molecule has 2 atom stereocenters. The number of fused-ring (bicyclic) bond motifs is 1. The van der Waals surface area contributed by atoms with E-state index in [-0.39, 0.29) is 22.8 Å². The molecule has 8 heteroatoms. The Bertz CT molecular complexity index is 1300. The maximum atomic E-state index is 12.7. The lowest BCUT2D eigenvalue weighted by atomic mass is 9.77. The molecule has 1 aliphatic heterocycles. The van der Waals surface area contributed by atoms with E-state index in [9.17, 15) is 4.79 Å². The van der Waals surface area contributed by atoms with E-state index in [1.165, 1.54) is 11.8 Å². The van der Waals surface area contributed by atoms with Gasteiger partial charge in [-0.3, -0.25) is 10.1 Å². The van der Waals surface area contributed by atoms with Gasteiger partial charge in [0.05, 0.1) is 32.2 Å². The molecule has 2 heterocycles. The first-order valence-electron chi connectivity index (χ1n) is 11.8. The quantitative estimate of drug-likeness (QED) is 0.458. The number of hydrogen-bond donors (Lipinski definition) is 1. The molecule has 7 nitrogen and oxygen atoms in total. The predicted molar refractivity (Wildman–Crippen MR) is 142 cm³/mol. The standard InChI is InChI=1S/C28H27N3O4S/c1-33-21-12-8-18(9-13-21)17-20-5-3-6-23-25(20)30-31(26(23)19-10-14-22(34-2)15-11-19)28(36)29-27(32)24-7-4-16-35-24/h4,7-17,23,26H,3,5-6H2,1-2H3,(H,29,32,36)/b20-17-/t23-,26-/m1/s1. The normalized spacial score (nSPS) is 20.0. The van der Waals surface area contributed by atoms with Gasteiger partial charge in [0.1, 0.15) is 11.5 Å². The highest BCUT2D eigenvalue weighted by Gasteiger charge is 2.43. The summed E-state index contributed by atoms with van der Waals surface area (Å²) in [5.74, 6) is 1.53. The lowest BCUT2D eigenvalue weighted by Gasteiger charge is -2.30. The molecule has 0 bridgehead atoms. The van der Waals surface area contributed by atoms with Gasteiger partial charge >= 0.3 is 0 Å². The Morgan fingerprint density at radius 1 is 1.08 bits per heavy atom. The third-order valence-corrected chi connectivity index (χ3v) is 6.88. The zero-order valence-electron chi connectivity index (χ0n) is 20.1. The molecule has 1 N–H and O–H groups in total. The number of carbonyl (C=O) groups excluding carboxylic acids is 1. The van der Waals surface area contributed by atoms with E-state index in [4.69, 9.17) is 31.2 Å². The fraction of sp³-hybridized carbons (Fsp3) is 0.250. The molecular weight excluding hydrogens is 474 g/mol. The number of hydrazone groups is 1. The Hall–Kier alpha value is -3.91. The summed E-state index contributed by atoms with van der Waals surface area (Å²) in [5.41, 5.74) is 4.33. The molecule has 0 unspecified atom stereocenters. The Labute approximate surface area is 215 Å². The molecule has 1 aromatic heterocycles. The first-order valence-corrected chi connectivity index (χ1v) is 12.2. The summed E-state index contributed by atoms with van der Waals surface area (Å²) in [6.07, 6.45) is 6.58. The fourth-order valence-electron chi connectivity index (χ4n) is 4.83. The predicted octanol–water partition coefficient (Wildman–Crippen LogP) is 5.61. The van der Waals surface area contributed by atoms with Gasteiger partial charge in [0, 0.05) is 5.92 Å². The van der Waals surface area contributed by atoms with Gasteiger partial charge in [-0.2, -0.15) is 5.10 Å². The largest absolute Gasteiger partial charge is 0.497 e. The number of amides is 1. The van der Waals surface area contributed by atoms with Crippen molar-refractivity contribution < 1.29 is 18.7 Å². The van der Waals surface area contributed by atoms with Crippen LogP contribution in [0.4, 0.5) is 0 Å². The van der Waals surface area contributed by atoms with Gasteiger partial charge in [0.15, 0.2) is 10.9 Å². The van der Waals surface area contributed by atoms with Crippen molar-refractivity contribution >= 4 is 35.0 Å². The third-order valence-electron chi connectivity index (χ3n) is 6.59. The maximum absolute atomic E-state index is 12.7. The van der Waals surface area contributed by atoms with Crippen molar-refractivity contribution in [1.29, 1.82) is 0 Å². The molecule has 1 amide bonds. The van der Waals surface area contributed by atoms with Crippen molar-refractivity contribution in [2.75, 3.05) is 14.2 Å². The van der Waals surface area contributed by atoms with E-state index in [1.54, 1.807) is 31.4 Å². The first kappa shape index (κ1) is 23.8. The molecule has 2 aliphatic rings. The Morgan fingerprint density at radius 2 is 1.78 bits per heavy atom. The maximum Gasteiger partial charge on any atom is 0.293 e. The van der Waals surface area contributed by atoms with Gasteiger partial charge in [-0.05, 0) is 90.7 Å². The summed E-state index contributed by atoms with van der Waals surface area (Å²) in [6, 6.07) is 19.1. The minimum Gasteiger partial charge on any atom is -0.497 e. The highest BCUT2D eigenvalue weighted by molar-refractivity contribution is 7.80. The SMILES string of the molecule is COc1ccc(/C=C2/CCC[C@@H]3C2=NN(C(=S)NC(=O)c2ccco2)[C@@H]3c2ccc(OC)cc2)cc1. The average Bonchev–Trinajstić information content (AvgIpc) is 3.58. The molecular formula is C28H27N3O4S. The van der Waals surface area contributed by atoms with Crippen LogP contribution in [0.25, 0.3) is 6.08 Å². The molecule has 0 spiro atoms. The van der Waals surface area contributed by atoms with Crippen LogP contribution in [-0.4, -0.2) is 36.0 Å². The molecule has 5 rings (SSSR count). The molecule has 36 heavy (non-hydrogen) atoms. The average molecular weight is 502 g/mol. The van der Waals surface area contributed by atoms with E-state index < -0.39 is 5.91 Å². The van der Waals surface area contributed by atoms with Gasteiger partial charge in [0.25, 0.3) is 5.91 Å². The Kier molecular flexibility index (Phi) is 6.86. The van der Waals surface area contributed by atoms with Gasteiger partial charge < -0.3 is 13.9 Å². The minimum atomic E-state index is -0.400. The molecule has 184 valence electrons. The van der Waals surface area contributed by atoms with Crippen LogP contribution in [0.5, 0.6) is 11.5 Å². The lowest BCUT2D eigenvalue weighted by molar-refractivity contribution is 0.0944. The molecule has 0 saturated heterocycles. The van der Waals surface area contributed by atoms with Crippen molar-refractivity contribution in [1.82, 2.24) is 10.3 Å². The summed E-state index contributed by atoms with van der Waals surface area (Å²) in [7, 11) is 3.31. The fourth-order valence-corrected chi connectivity index (χ4v) is 5.07. The number of benzene rings is 2. The molecule has 3 aromatic rings. The summed E-state index contributed by atoms with van der Waals surface area (Å²) in [5, 5.41) is 9.80. The van der Waals surface area contributed by atoms with Crippen molar-refractivity contribution in [3.05, 3.63) is 89.4 Å². The molecule has 2 aromatic carbocycles. The van der Waals surface area contributed by atoms with Crippen LogP contribution in [0.3, 0.4) is 0 Å². The topological polar surface area (TPSA) is 76.3 Å². The Balaban J connectivity index is 1.49. The number of ether oxygens (including phenoxy) is 2. The zero-order chi connectivity index (χ0) is 25.1. The molecule has 1 saturated carbocycles. The number of hydrogen-bond acceptors (Lipinski definition) is 6. The molecule has 1 aliphatic carbocycles. The van der Waals surface area contributed by atoms with E-state index in [0.717, 1.165) is 47.6 Å². The van der Waals surface area contributed by atoms with Crippen LogP contribution >= 0.6 is 12.2 Å². The van der Waals surface area contributed by atoms with E-state index in [0.29, 0.717) is 0 Å². The summed E-state index contributed by atoms with van der Waals surface area (Å²) < 4.78 is 15.9. The minimum absolute atomic E-state index is 0.134. The number of methoxy groups -OCH3 is 2. The van der Waals surface area contributed by atoms with E-state index in [2.05, 4.69) is 11.4 Å². The zero-order valence-corrected chi connectivity index (χ0v) is 21.0. The van der Waals surface area contributed by atoms with Crippen LogP contribution in [-0.2, 0) is 0 Å². The van der Waals surface area contributed by atoms with Gasteiger partial charge in [-0.15, -0.1) is 0 Å². The number of furan rings is 1. The second kappa shape index (κ2) is 10.4.